The molecule has 8 nitrogen and oxygen atoms in total. The van der Waals surface area contributed by atoms with Crippen molar-refractivity contribution in [2.45, 2.75) is 58.5 Å². The van der Waals surface area contributed by atoms with E-state index < -0.39 is 46.9 Å². The molecule has 216 valence electrons. The normalized spacial score (nSPS) is 19.0. The quantitative estimate of drug-likeness (QED) is 0.388. The number of aromatic nitrogens is 2. The summed E-state index contributed by atoms with van der Waals surface area (Å²) in [4.78, 5) is 33.3. The van der Waals surface area contributed by atoms with Crippen LogP contribution in [0.1, 0.15) is 54.1 Å². The molecule has 0 aliphatic carbocycles. The van der Waals surface area contributed by atoms with Gasteiger partial charge in [0.15, 0.2) is 5.75 Å². The number of halogens is 6. The van der Waals surface area contributed by atoms with Crippen LogP contribution in [0.3, 0.4) is 0 Å². The summed E-state index contributed by atoms with van der Waals surface area (Å²) < 4.78 is 91.6. The molecule has 40 heavy (non-hydrogen) atoms. The molecule has 0 radical (unpaired) electrons. The fraction of sp³-hybridized carbons (Fsp3) is 0.423. The maximum atomic E-state index is 14.0. The largest absolute Gasteiger partial charge is 0.573 e. The van der Waals surface area contributed by atoms with Gasteiger partial charge in [0, 0.05) is 24.7 Å². The predicted molar refractivity (Wildman–Crippen MR) is 133 cm³/mol. The van der Waals surface area contributed by atoms with Crippen LogP contribution >= 0.6 is 0 Å². The lowest BCUT2D eigenvalue weighted by atomic mass is 9.98. The molecular weight excluding hydrogens is 546 g/mol. The summed E-state index contributed by atoms with van der Waals surface area (Å²) in [6, 6.07) is 3.75. The minimum absolute atomic E-state index is 0.103. The van der Waals surface area contributed by atoms with Gasteiger partial charge in [-0.25, -0.2) is 4.98 Å². The monoisotopic (exact) mass is 572 g/mol. The van der Waals surface area contributed by atoms with Crippen LogP contribution < -0.4 is 15.6 Å². The van der Waals surface area contributed by atoms with Gasteiger partial charge in [0.2, 0.25) is 0 Å². The van der Waals surface area contributed by atoms with Crippen LogP contribution in [0, 0.1) is 6.92 Å². The summed E-state index contributed by atoms with van der Waals surface area (Å²) in [5.41, 5.74) is -2.77. The molecule has 3 atom stereocenters. The van der Waals surface area contributed by atoms with Gasteiger partial charge in [-0.15, -0.1) is 13.2 Å². The molecule has 2 aromatic carbocycles. The van der Waals surface area contributed by atoms with Crippen molar-refractivity contribution < 1.29 is 40.6 Å². The van der Waals surface area contributed by atoms with Crippen molar-refractivity contribution in [3.63, 3.8) is 0 Å². The molecule has 1 aromatic heterocycles. The SMILES string of the molecule is Cc1nc2cc(C(F)(F)F)c([C@H](C)Nc3ccc(C(=O)N4C[C@@H](C)O[C@@H](C)C4)cc3OC(F)(F)F)cc2c(=O)[nH]1. The standard InChI is InChI=1S/C26H26F6N4O4/c1-12-10-36(11-13(2)39-12)24(38)16-5-6-20(22(7-16)40-26(30,31)32)33-14(3)17-8-18-21(9-19(17)25(27,28)29)34-15(4)35-23(18)37/h5-9,12-14,33H,10-11H2,1-4H3,(H,34,35,37)/t12-,13+,14-/m0/s1. The van der Waals surface area contributed by atoms with Crippen molar-refractivity contribution in [3.8, 4) is 5.75 Å². The Labute approximate surface area is 224 Å². The maximum Gasteiger partial charge on any atom is 0.573 e. The second-order valence-corrected chi connectivity index (χ2v) is 9.70. The number of H-pyrrole nitrogens is 1. The van der Waals surface area contributed by atoms with Crippen LogP contribution in [0.25, 0.3) is 10.9 Å². The molecule has 1 saturated heterocycles. The molecule has 1 aliphatic heterocycles. The summed E-state index contributed by atoms with van der Waals surface area (Å²) in [7, 11) is 0. The number of anilines is 1. The Bertz CT molecular complexity index is 1480. The van der Waals surface area contributed by atoms with E-state index in [2.05, 4.69) is 20.0 Å². The zero-order valence-electron chi connectivity index (χ0n) is 21.8. The van der Waals surface area contributed by atoms with Gasteiger partial charge in [0.05, 0.1) is 34.4 Å². The molecule has 14 heteroatoms. The number of fused-ring (bicyclic) bond motifs is 1. The fourth-order valence-electron chi connectivity index (χ4n) is 4.74. The third-order valence-electron chi connectivity index (χ3n) is 6.30. The highest BCUT2D eigenvalue weighted by Gasteiger charge is 2.37. The average molecular weight is 573 g/mol. The average Bonchev–Trinajstić information content (AvgIpc) is 2.81. The van der Waals surface area contributed by atoms with Gasteiger partial charge in [-0.1, -0.05) is 0 Å². The van der Waals surface area contributed by atoms with Gasteiger partial charge in [-0.3, -0.25) is 9.59 Å². The Balaban J connectivity index is 1.73. The lowest BCUT2D eigenvalue weighted by molar-refractivity contribution is -0.274. The van der Waals surface area contributed by atoms with E-state index in [0.29, 0.717) is 0 Å². The van der Waals surface area contributed by atoms with Crippen molar-refractivity contribution in [1.29, 1.82) is 0 Å². The lowest BCUT2D eigenvalue weighted by Gasteiger charge is -2.35. The Morgan fingerprint density at radius 3 is 2.38 bits per heavy atom. The number of alkyl halides is 6. The molecule has 0 unspecified atom stereocenters. The second kappa shape index (κ2) is 10.6. The van der Waals surface area contributed by atoms with Crippen LogP contribution in [0.2, 0.25) is 0 Å². The molecule has 1 fully saturated rings. The van der Waals surface area contributed by atoms with E-state index in [0.717, 1.165) is 24.3 Å². The second-order valence-electron chi connectivity index (χ2n) is 9.70. The number of ether oxygens (including phenoxy) is 2. The van der Waals surface area contributed by atoms with Gasteiger partial charge >= 0.3 is 12.5 Å². The number of hydrogen-bond donors (Lipinski definition) is 2. The molecule has 2 heterocycles. The van der Waals surface area contributed by atoms with E-state index in [1.165, 1.54) is 24.8 Å². The summed E-state index contributed by atoms with van der Waals surface area (Å²) >= 11 is 0. The topological polar surface area (TPSA) is 96.6 Å². The van der Waals surface area contributed by atoms with Crippen LogP contribution in [0.4, 0.5) is 32.0 Å². The number of benzene rings is 2. The first-order valence-corrected chi connectivity index (χ1v) is 12.2. The third kappa shape index (κ3) is 6.49. The zero-order valence-corrected chi connectivity index (χ0v) is 21.8. The van der Waals surface area contributed by atoms with Crippen molar-refractivity contribution in [3.05, 3.63) is 63.2 Å². The maximum absolute atomic E-state index is 14.0. The van der Waals surface area contributed by atoms with Crippen molar-refractivity contribution in [1.82, 2.24) is 14.9 Å². The first kappa shape index (κ1) is 29.2. The van der Waals surface area contributed by atoms with Gasteiger partial charge in [0.1, 0.15) is 5.82 Å². The Morgan fingerprint density at radius 1 is 1.12 bits per heavy atom. The number of morpholine rings is 1. The lowest BCUT2D eigenvalue weighted by Crippen LogP contribution is -2.48. The highest BCUT2D eigenvalue weighted by atomic mass is 19.4. The van der Waals surface area contributed by atoms with Gasteiger partial charge < -0.3 is 24.7 Å². The highest BCUT2D eigenvalue weighted by molar-refractivity contribution is 5.95. The number of rotatable bonds is 5. The highest BCUT2D eigenvalue weighted by Crippen LogP contribution is 2.39. The Hall–Kier alpha value is -3.81. The Morgan fingerprint density at radius 2 is 1.77 bits per heavy atom. The van der Waals surface area contributed by atoms with Gasteiger partial charge in [-0.2, -0.15) is 13.2 Å². The summed E-state index contributed by atoms with van der Waals surface area (Å²) in [5, 5.41) is 2.49. The number of aromatic amines is 1. The molecule has 0 saturated carbocycles. The van der Waals surface area contributed by atoms with E-state index in [4.69, 9.17) is 4.74 Å². The summed E-state index contributed by atoms with van der Waals surface area (Å²) in [6.07, 6.45) is -10.6. The fourth-order valence-corrected chi connectivity index (χ4v) is 4.74. The van der Waals surface area contributed by atoms with Gasteiger partial charge in [-0.05, 0) is 63.6 Å². The van der Waals surface area contributed by atoms with Crippen LogP contribution in [0.5, 0.6) is 5.75 Å². The molecule has 0 bridgehead atoms. The summed E-state index contributed by atoms with van der Waals surface area (Å²) in [6.45, 7) is 6.68. The first-order chi connectivity index (χ1) is 18.5. The number of amides is 1. The number of carbonyl (C=O) groups is 1. The van der Waals surface area contributed by atoms with E-state index in [1.54, 1.807) is 13.8 Å². The summed E-state index contributed by atoms with van der Waals surface area (Å²) in [5.74, 6) is -1.23. The molecule has 0 spiro atoms. The van der Waals surface area contributed by atoms with Crippen LogP contribution in [-0.2, 0) is 10.9 Å². The minimum atomic E-state index is -5.15. The third-order valence-corrected chi connectivity index (χ3v) is 6.30. The molecule has 3 aromatic rings. The number of nitrogens with one attached hydrogen (secondary N) is 2. The van der Waals surface area contributed by atoms with Crippen LogP contribution in [0.15, 0.2) is 35.1 Å². The molecule has 1 amide bonds. The van der Waals surface area contributed by atoms with E-state index in [-0.39, 0.29) is 53.3 Å². The number of aryl methyl sites for hydroxylation is 1. The van der Waals surface area contributed by atoms with E-state index >= 15 is 0 Å². The van der Waals surface area contributed by atoms with Crippen molar-refractivity contribution in [2.75, 3.05) is 18.4 Å². The first-order valence-electron chi connectivity index (χ1n) is 12.2. The molecule has 2 N–H and O–H groups in total. The smallest absolute Gasteiger partial charge is 0.404 e. The molecular formula is C26H26F6N4O4. The Kier molecular flexibility index (Phi) is 7.76. The van der Waals surface area contributed by atoms with Gasteiger partial charge in [0.25, 0.3) is 11.5 Å². The minimum Gasteiger partial charge on any atom is -0.404 e. The van der Waals surface area contributed by atoms with E-state index in [9.17, 15) is 35.9 Å². The number of nitrogens with zero attached hydrogens (tertiary/aromatic N) is 2. The number of hydrogen-bond acceptors (Lipinski definition) is 6. The van der Waals surface area contributed by atoms with Crippen molar-refractivity contribution >= 4 is 22.5 Å². The van der Waals surface area contributed by atoms with Crippen molar-refractivity contribution in [2.24, 2.45) is 0 Å². The number of carbonyl (C=O) groups excluding carboxylic acids is 1. The zero-order chi connectivity index (χ0) is 29.6. The molecule has 4 rings (SSSR count). The molecule has 1 aliphatic rings. The van der Waals surface area contributed by atoms with E-state index in [1.807, 2.05) is 0 Å². The van der Waals surface area contributed by atoms with Crippen LogP contribution in [-0.4, -0.2) is 52.4 Å². The predicted octanol–water partition coefficient (Wildman–Crippen LogP) is 5.57.